The maximum Gasteiger partial charge on any atom is 0.151 e. The molecular weight excluding hydrogens is 200 g/mol. The van der Waals surface area contributed by atoms with Crippen molar-refractivity contribution < 1.29 is 0 Å². The Bertz CT molecular complexity index is 470. The highest BCUT2D eigenvalue weighted by Gasteiger charge is 2.03. The third-order valence-corrected chi connectivity index (χ3v) is 2.47. The number of aryl methyl sites for hydroxylation is 1. The zero-order chi connectivity index (χ0) is 11.4. The van der Waals surface area contributed by atoms with Gasteiger partial charge in [0.2, 0.25) is 0 Å². The Kier molecular flexibility index (Phi) is 3.10. The Balaban J connectivity index is 2.17. The van der Waals surface area contributed by atoms with E-state index in [1.54, 1.807) is 0 Å². The highest BCUT2D eigenvalue weighted by molar-refractivity contribution is 5.47. The third-order valence-electron chi connectivity index (χ3n) is 2.47. The van der Waals surface area contributed by atoms with E-state index in [-0.39, 0.29) is 0 Å². The van der Waals surface area contributed by atoms with Gasteiger partial charge in [-0.2, -0.15) is 0 Å². The maximum absolute atomic E-state index is 3.96. The fraction of sp³-hybridized carbons (Fsp3) is 0.250. The highest BCUT2D eigenvalue weighted by atomic mass is 15.5. The summed E-state index contributed by atoms with van der Waals surface area (Å²) < 4.78 is 1.82. The lowest BCUT2D eigenvalue weighted by Crippen LogP contribution is -2.06. The molecule has 4 heteroatoms. The van der Waals surface area contributed by atoms with Crippen LogP contribution in [-0.2, 0) is 13.0 Å². The van der Waals surface area contributed by atoms with Crippen LogP contribution in [0.1, 0.15) is 23.9 Å². The Morgan fingerprint density at radius 3 is 2.69 bits per heavy atom. The van der Waals surface area contributed by atoms with Gasteiger partial charge in [-0.25, -0.2) is 4.68 Å². The first-order chi connectivity index (χ1) is 7.83. The topological polar surface area (TPSA) is 43.6 Å². The molecule has 0 bridgehead atoms. The fourth-order valence-corrected chi connectivity index (χ4v) is 1.53. The molecule has 0 saturated carbocycles. The van der Waals surface area contributed by atoms with Crippen molar-refractivity contribution in [1.29, 1.82) is 0 Å². The number of nitrogens with zero attached hydrogens (tertiary/aromatic N) is 4. The van der Waals surface area contributed by atoms with Gasteiger partial charge in [-0.3, -0.25) is 0 Å². The van der Waals surface area contributed by atoms with Crippen LogP contribution in [0.3, 0.4) is 0 Å². The van der Waals surface area contributed by atoms with Crippen molar-refractivity contribution >= 4 is 6.08 Å². The first-order valence-corrected chi connectivity index (χ1v) is 5.30. The van der Waals surface area contributed by atoms with Gasteiger partial charge in [-0.05, 0) is 21.6 Å². The number of tetrazole rings is 1. The van der Waals surface area contributed by atoms with Gasteiger partial charge < -0.3 is 0 Å². The molecule has 0 spiro atoms. The van der Waals surface area contributed by atoms with Gasteiger partial charge >= 0.3 is 0 Å². The van der Waals surface area contributed by atoms with Crippen LogP contribution in [0.25, 0.3) is 6.08 Å². The van der Waals surface area contributed by atoms with E-state index in [2.05, 4.69) is 34.2 Å². The van der Waals surface area contributed by atoms with E-state index >= 15 is 0 Å². The molecule has 0 aliphatic rings. The van der Waals surface area contributed by atoms with Gasteiger partial charge in [0, 0.05) is 6.42 Å². The normalized spacial score (nSPS) is 10.3. The lowest BCUT2D eigenvalue weighted by Gasteiger charge is -2.03. The molecule has 2 rings (SSSR count). The molecule has 0 amide bonds. The average Bonchev–Trinajstić information content (AvgIpc) is 2.77. The third kappa shape index (κ3) is 2.16. The maximum atomic E-state index is 3.96. The van der Waals surface area contributed by atoms with Crippen LogP contribution < -0.4 is 0 Å². The van der Waals surface area contributed by atoms with E-state index in [4.69, 9.17) is 0 Å². The molecule has 4 nitrogen and oxygen atoms in total. The fourth-order valence-electron chi connectivity index (χ4n) is 1.53. The van der Waals surface area contributed by atoms with Crippen LogP contribution in [0.2, 0.25) is 0 Å². The minimum atomic E-state index is 0.716. The summed E-state index contributed by atoms with van der Waals surface area (Å²) in [6.45, 7) is 6.49. The Hall–Kier alpha value is -1.97. The summed E-state index contributed by atoms with van der Waals surface area (Å²) in [6, 6.07) is 8.22. The van der Waals surface area contributed by atoms with Crippen molar-refractivity contribution in [3.8, 4) is 0 Å². The Morgan fingerprint density at radius 2 is 2.06 bits per heavy atom. The lowest BCUT2D eigenvalue weighted by atomic mass is 10.1. The van der Waals surface area contributed by atoms with Gasteiger partial charge in [0.1, 0.15) is 0 Å². The number of rotatable bonds is 4. The molecule has 1 aromatic carbocycles. The first kappa shape index (κ1) is 10.5. The van der Waals surface area contributed by atoms with Gasteiger partial charge in [0.05, 0.1) is 6.54 Å². The lowest BCUT2D eigenvalue weighted by molar-refractivity contribution is 0.622. The van der Waals surface area contributed by atoms with Crippen molar-refractivity contribution in [3.63, 3.8) is 0 Å². The van der Waals surface area contributed by atoms with Gasteiger partial charge in [-0.15, -0.1) is 5.10 Å². The van der Waals surface area contributed by atoms with Crippen LogP contribution in [0.5, 0.6) is 0 Å². The predicted molar refractivity (Wildman–Crippen MR) is 62.8 cm³/mol. The van der Waals surface area contributed by atoms with Crippen molar-refractivity contribution in [2.75, 3.05) is 0 Å². The SMILES string of the molecule is C=Cc1ccc(Cn2nnnc2CC)cc1. The van der Waals surface area contributed by atoms with Gasteiger partial charge in [0.15, 0.2) is 5.82 Å². The van der Waals surface area contributed by atoms with Crippen LogP contribution >= 0.6 is 0 Å². The highest BCUT2D eigenvalue weighted by Crippen LogP contribution is 2.07. The molecule has 0 fully saturated rings. The van der Waals surface area contributed by atoms with Crippen molar-refractivity contribution in [2.45, 2.75) is 19.9 Å². The van der Waals surface area contributed by atoms with Crippen molar-refractivity contribution in [3.05, 3.63) is 47.8 Å². The summed E-state index contributed by atoms with van der Waals surface area (Å²) in [5.74, 6) is 0.910. The zero-order valence-corrected chi connectivity index (χ0v) is 9.30. The number of hydrogen-bond acceptors (Lipinski definition) is 3. The molecule has 0 atom stereocenters. The zero-order valence-electron chi connectivity index (χ0n) is 9.30. The standard InChI is InChI=1S/C12H14N4/c1-3-10-5-7-11(8-6-10)9-16-12(4-2)13-14-15-16/h3,5-8H,1,4,9H2,2H3. The van der Waals surface area contributed by atoms with Crippen molar-refractivity contribution in [2.24, 2.45) is 0 Å². The summed E-state index contributed by atoms with van der Waals surface area (Å²) in [6.07, 6.45) is 2.68. The molecule has 0 aliphatic carbocycles. The molecule has 1 heterocycles. The van der Waals surface area contributed by atoms with Crippen LogP contribution in [0, 0.1) is 0 Å². The smallest absolute Gasteiger partial charge is 0.151 e. The molecular formula is C12H14N4. The second kappa shape index (κ2) is 4.70. The molecule has 0 N–H and O–H groups in total. The Labute approximate surface area is 94.6 Å². The summed E-state index contributed by atoms with van der Waals surface area (Å²) in [7, 11) is 0. The van der Waals surface area contributed by atoms with Crippen molar-refractivity contribution in [1.82, 2.24) is 20.2 Å². The molecule has 82 valence electrons. The van der Waals surface area contributed by atoms with E-state index < -0.39 is 0 Å². The van der Waals surface area contributed by atoms with E-state index in [0.29, 0.717) is 6.54 Å². The van der Waals surface area contributed by atoms with E-state index in [0.717, 1.165) is 17.8 Å². The molecule has 16 heavy (non-hydrogen) atoms. The van der Waals surface area contributed by atoms with E-state index in [1.807, 2.05) is 29.8 Å². The number of hydrogen-bond donors (Lipinski definition) is 0. The molecule has 2 aromatic rings. The minimum absolute atomic E-state index is 0.716. The van der Waals surface area contributed by atoms with E-state index in [1.165, 1.54) is 5.56 Å². The van der Waals surface area contributed by atoms with E-state index in [9.17, 15) is 0 Å². The van der Waals surface area contributed by atoms with Crippen LogP contribution in [0.4, 0.5) is 0 Å². The summed E-state index contributed by atoms with van der Waals surface area (Å²) in [5.41, 5.74) is 2.31. The van der Waals surface area contributed by atoms with Gasteiger partial charge in [0.25, 0.3) is 0 Å². The quantitative estimate of drug-likeness (QED) is 0.781. The second-order valence-corrected chi connectivity index (χ2v) is 3.55. The summed E-state index contributed by atoms with van der Waals surface area (Å²) >= 11 is 0. The molecule has 0 aliphatic heterocycles. The average molecular weight is 214 g/mol. The molecule has 0 unspecified atom stereocenters. The van der Waals surface area contributed by atoms with Gasteiger partial charge in [-0.1, -0.05) is 43.8 Å². The summed E-state index contributed by atoms with van der Waals surface area (Å²) in [4.78, 5) is 0. The van der Waals surface area contributed by atoms with Crippen LogP contribution in [0.15, 0.2) is 30.8 Å². The molecule has 0 radical (unpaired) electrons. The Morgan fingerprint density at radius 1 is 1.31 bits per heavy atom. The number of aromatic nitrogens is 4. The first-order valence-electron chi connectivity index (χ1n) is 5.30. The molecule has 0 saturated heterocycles. The predicted octanol–water partition coefficient (Wildman–Crippen LogP) is 1.93. The minimum Gasteiger partial charge on any atom is -0.225 e. The second-order valence-electron chi connectivity index (χ2n) is 3.55. The summed E-state index contributed by atoms with van der Waals surface area (Å²) in [5, 5.41) is 11.6. The largest absolute Gasteiger partial charge is 0.225 e. The monoisotopic (exact) mass is 214 g/mol. The van der Waals surface area contributed by atoms with Crippen LogP contribution in [-0.4, -0.2) is 20.2 Å². The number of benzene rings is 1. The molecule has 1 aromatic heterocycles.